The fourth-order valence-corrected chi connectivity index (χ4v) is 12.4. The SMILES string of the molecule is Fc1ccc(-c2c3nc(c(-c4ccc(F)cc4)c4[nH]c(c(-c5ccc(F)cc5)c5nc(c(-c6ccc(F)cc6)c6[nH]c2c2cc7ccccc7cc62)-c2cc6ccccc6cc2-5)c2cc5ccccc5cc42)-c2ccccc2-3)cc1. The number of benzene rings is 11. The molecule has 376 valence electrons. The van der Waals surface area contributed by atoms with Crippen LogP contribution in [0.25, 0.3) is 165 Å². The molecule has 2 N–H and O–H groups in total. The Kier molecular flexibility index (Phi) is 10.0. The summed E-state index contributed by atoms with van der Waals surface area (Å²) >= 11 is 0. The molecule has 4 nitrogen and oxygen atoms in total. The van der Waals surface area contributed by atoms with Gasteiger partial charge in [-0.1, -0.05) is 146 Å². The van der Waals surface area contributed by atoms with Crippen LogP contribution in [0.15, 0.2) is 231 Å². The zero-order valence-corrected chi connectivity index (χ0v) is 42.3. The third-order valence-corrected chi connectivity index (χ3v) is 16.1. The summed E-state index contributed by atoms with van der Waals surface area (Å²) in [4.78, 5) is 19.8. The van der Waals surface area contributed by atoms with E-state index >= 15 is 17.6 Å². The summed E-state index contributed by atoms with van der Waals surface area (Å²) in [5.41, 5.74) is 14.4. The van der Waals surface area contributed by atoms with Crippen LogP contribution in [0.1, 0.15) is 0 Å². The van der Waals surface area contributed by atoms with Gasteiger partial charge in [0.15, 0.2) is 0 Å². The molecule has 0 amide bonds. The maximum absolute atomic E-state index is 15.4. The van der Waals surface area contributed by atoms with Crippen molar-refractivity contribution in [3.63, 3.8) is 0 Å². The molecule has 8 bridgehead atoms. The molecule has 0 saturated heterocycles. The van der Waals surface area contributed by atoms with Gasteiger partial charge in [0.25, 0.3) is 0 Å². The van der Waals surface area contributed by atoms with Gasteiger partial charge >= 0.3 is 0 Å². The molecular weight excluding hydrogens is 997 g/mol. The fourth-order valence-electron chi connectivity index (χ4n) is 12.4. The van der Waals surface area contributed by atoms with Crippen molar-refractivity contribution >= 4 is 75.9 Å². The number of H-pyrrole nitrogens is 2. The van der Waals surface area contributed by atoms with Gasteiger partial charge in [-0.05, 0) is 140 Å². The number of hydrogen-bond acceptors (Lipinski definition) is 2. The minimum Gasteiger partial charge on any atom is -0.353 e. The van der Waals surface area contributed by atoms with E-state index < -0.39 is 0 Å². The highest BCUT2D eigenvalue weighted by Gasteiger charge is 2.31. The number of aromatic nitrogens is 4. The van der Waals surface area contributed by atoms with E-state index in [-0.39, 0.29) is 23.3 Å². The van der Waals surface area contributed by atoms with Crippen LogP contribution in [0.5, 0.6) is 0 Å². The maximum atomic E-state index is 15.4. The van der Waals surface area contributed by atoms with Gasteiger partial charge in [-0.25, -0.2) is 27.5 Å². The smallest absolute Gasteiger partial charge is 0.123 e. The third-order valence-electron chi connectivity index (χ3n) is 16.1. The molecule has 0 atom stereocenters. The van der Waals surface area contributed by atoms with Crippen molar-refractivity contribution in [1.29, 1.82) is 0 Å². The molecule has 11 aromatic carbocycles. The Bertz CT molecular complexity index is 4820. The third kappa shape index (κ3) is 7.08. The number of hydrogen-bond donors (Lipinski definition) is 2. The second kappa shape index (κ2) is 17.5. The molecule has 80 heavy (non-hydrogen) atoms. The summed E-state index contributed by atoms with van der Waals surface area (Å²) in [5, 5.41) is 9.44. The van der Waals surface area contributed by atoms with Gasteiger partial charge in [0.05, 0.1) is 44.8 Å². The highest BCUT2D eigenvalue weighted by Crippen LogP contribution is 2.53. The van der Waals surface area contributed by atoms with E-state index in [4.69, 9.17) is 9.97 Å². The number of rotatable bonds is 4. The lowest BCUT2D eigenvalue weighted by molar-refractivity contribution is 0.627. The standard InChI is InChI=1S/C72H40F4N4/c73-49-25-17-39(18-26-49)61-65-53-15-7-8-16-54(53)66(77-65)62(40-19-27-50(74)28-20-40)68-56-34-44-10-2-4-12-46(44)36-58(56)70(79-68)64(42-23-31-52(76)32-24-42)72-60-38-48-14-6-5-13-47(48)37-59(60)71(80-72)63(41-21-29-51(75)30-22-41)69-57-35-45-11-3-1-9-43(45)33-55(57)67(61)78-69/h1-38,78-79H. The van der Waals surface area contributed by atoms with E-state index in [1.807, 2.05) is 48.5 Å². The molecule has 4 heterocycles. The molecule has 2 aromatic heterocycles. The molecule has 3 aliphatic rings. The minimum atomic E-state index is -0.389. The first-order valence-electron chi connectivity index (χ1n) is 26.5. The van der Waals surface area contributed by atoms with E-state index in [0.29, 0.717) is 67.3 Å². The summed E-state index contributed by atoms with van der Waals surface area (Å²) in [7, 11) is 0. The molecule has 16 rings (SSSR count). The van der Waals surface area contributed by atoms with Crippen LogP contribution in [0.3, 0.4) is 0 Å². The number of halogens is 4. The van der Waals surface area contributed by atoms with E-state index in [1.54, 1.807) is 48.5 Å². The Balaban J connectivity index is 1.26. The molecule has 0 unspecified atom stereocenters. The van der Waals surface area contributed by atoms with Crippen molar-refractivity contribution < 1.29 is 17.6 Å². The van der Waals surface area contributed by atoms with E-state index in [2.05, 4.69) is 94.9 Å². The zero-order valence-electron chi connectivity index (χ0n) is 42.3. The average Bonchev–Trinajstić information content (AvgIpc) is 4.45. The van der Waals surface area contributed by atoms with Crippen LogP contribution in [0.2, 0.25) is 0 Å². The first-order valence-corrected chi connectivity index (χ1v) is 26.5. The van der Waals surface area contributed by atoms with Gasteiger partial charge in [0.1, 0.15) is 23.3 Å². The Labute approximate surface area is 454 Å². The van der Waals surface area contributed by atoms with Crippen LogP contribution >= 0.6 is 0 Å². The first kappa shape index (κ1) is 45.7. The zero-order chi connectivity index (χ0) is 53.3. The molecule has 1 aliphatic carbocycles. The van der Waals surface area contributed by atoms with E-state index in [9.17, 15) is 0 Å². The van der Waals surface area contributed by atoms with Crippen LogP contribution in [0.4, 0.5) is 17.6 Å². The van der Waals surface area contributed by atoms with Crippen molar-refractivity contribution in [2.75, 3.05) is 0 Å². The van der Waals surface area contributed by atoms with Crippen molar-refractivity contribution in [2.24, 2.45) is 0 Å². The van der Waals surface area contributed by atoms with Gasteiger partial charge in [-0.3, -0.25) is 0 Å². The van der Waals surface area contributed by atoms with Crippen LogP contribution in [-0.2, 0) is 0 Å². The molecule has 13 aromatic rings. The van der Waals surface area contributed by atoms with Crippen LogP contribution < -0.4 is 0 Å². The number of aromatic amines is 2. The van der Waals surface area contributed by atoms with Gasteiger partial charge in [0.2, 0.25) is 0 Å². The van der Waals surface area contributed by atoms with Crippen molar-refractivity contribution in [3.8, 4) is 89.5 Å². The quantitative estimate of drug-likeness (QED) is 0.173. The summed E-state index contributed by atoms with van der Waals surface area (Å²) in [6, 6.07) is 72.1. The molecule has 8 heteroatoms. The summed E-state index contributed by atoms with van der Waals surface area (Å²) in [6.45, 7) is 0. The van der Waals surface area contributed by atoms with Crippen LogP contribution in [0, 0.1) is 23.3 Å². The highest BCUT2D eigenvalue weighted by molar-refractivity contribution is 6.24. The summed E-state index contributed by atoms with van der Waals surface area (Å²) in [5.74, 6) is -1.55. The topological polar surface area (TPSA) is 57.4 Å². The average molecular weight is 1040 g/mol. The molecule has 0 radical (unpaired) electrons. The summed E-state index contributed by atoms with van der Waals surface area (Å²) < 4.78 is 61.4. The molecule has 0 fully saturated rings. The Morgan fingerprint density at radius 3 is 0.725 bits per heavy atom. The largest absolute Gasteiger partial charge is 0.353 e. The van der Waals surface area contributed by atoms with Crippen molar-refractivity contribution in [1.82, 2.24) is 19.9 Å². The molecule has 0 spiro atoms. The van der Waals surface area contributed by atoms with Gasteiger partial charge < -0.3 is 9.97 Å². The second-order valence-corrected chi connectivity index (χ2v) is 20.7. The Morgan fingerprint density at radius 1 is 0.237 bits per heavy atom. The van der Waals surface area contributed by atoms with Crippen LogP contribution in [-0.4, -0.2) is 19.9 Å². The maximum Gasteiger partial charge on any atom is 0.123 e. The van der Waals surface area contributed by atoms with E-state index in [0.717, 1.165) is 98.2 Å². The predicted octanol–water partition coefficient (Wildman–Crippen LogP) is 20.0. The van der Waals surface area contributed by atoms with Gasteiger partial charge in [-0.15, -0.1) is 0 Å². The number of nitrogens with zero attached hydrogens (tertiary/aromatic N) is 2. The van der Waals surface area contributed by atoms with Crippen molar-refractivity contribution in [2.45, 2.75) is 0 Å². The number of nitrogens with one attached hydrogen (secondary N) is 2. The Hall–Kier alpha value is -10.4. The van der Waals surface area contributed by atoms with Gasteiger partial charge in [0, 0.05) is 66.1 Å². The molecule has 0 saturated carbocycles. The predicted molar refractivity (Wildman–Crippen MR) is 319 cm³/mol. The van der Waals surface area contributed by atoms with Crippen molar-refractivity contribution in [3.05, 3.63) is 254 Å². The van der Waals surface area contributed by atoms with E-state index in [1.165, 1.54) is 48.5 Å². The lowest BCUT2D eigenvalue weighted by Gasteiger charge is -2.10. The lowest BCUT2D eigenvalue weighted by Crippen LogP contribution is -1.88. The molecule has 2 aliphatic heterocycles. The summed E-state index contributed by atoms with van der Waals surface area (Å²) in [6.07, 6.45) is 0. The lowest BCUT2D eigenvalue weighted by atomic mass is 9.91. The normalized spacial score (nSPS) is 12.0. The first-order chi connectivity index (χ1) is 39.3. The Morgan fingerprint density at radius 2 is 0.463 bits per heavy atom. The highest BCUT2D eigenvalue weighted by atomic mass is 19.1. The fraction of sp³-hybridized carbons (Fsp3) is 0. The second-order valence-electron chi connectivity index (χ2n) is 20.7. The monoisotopic (exact) mass is 1040 g/mol. The number of fused-ring (bicyclic) bond motifs is 3. The minimum absolute atomic E-state index is 0.387. The molecular formula is C72H40F4N4. The van der Waals surface area contributed by atoms with Gasteiger partial charge in [-0.2, -0.15) is 0 Å².